The Kier molecular flexibility index (Phi) is 9.50. The van der Waals surface area contributed by atoms with Crippen LogP contribution in [0.15, 0.2) is 111 Å². The van der Waals surface area contributed by atoms with Crippen LogP contribution in [0.25, 0.3) is 0 Å². The zero-order valence-corrected chi connectivity index (χ0v) is 29.1. The zero-order valence-electron chi connectivity index (χ0n) is 27.5. The van der Waals surface area contributed by atoms with Gasteiger partial charge in [-0.1, -0.05) is 23.8 Å². The summed E-state index contributed by atoms with van der Waals surface area (Å²) in [6, 6.07) is 28.3. The van der Waals surface area contributed by atoms with Gasteiger partial charge in [-0.05, 0) is 144 Å². The molecule has 0 heterocycles. The minimum Gasteiger partial charge on any atom is -0.488 e. The predicted octanol–water partition coefficient (Wildman–Crippen LogP) is 9.33. The third-order valence-electron chi connectivity index (χ3n) is 6.62. The van der Waals surface area contributed by atoms with Gasteiger partial charge in [0.1, 0.15) is 22.7 Å². The number of ether oxygens (including phenoxy) is 2. The number of anilines is 1. The highest BCUT2D eigenvalue weighted by atomic mass is 32.3. The van der Waals surface area contributed by atoms with Gasteiger partial charge in [0.05, 0.1) is 4.90 Å². The van der Waals surface area contributed by atoms with Crippen LogP contribution in [0, 0.1) is 13.8 Å². The number of nitrogens with zero attached hydrogens (tertiary/aromatic N) is 1. The van der Waals surface area contributed by atoms with Crippen LogP contribution in [-0.2, 0) is 13.7 Å². The maximum atomic E-state index is 14.4. The largest absolute Gasteiger partial charge is 0.488 e. The fraction of sp³-hybridized carbons (Fsp3) is 0.333. The molecule has 236 valence electrons. The van der Waals surface area contributed by atoms with E-state index in [1.54, 1.807) is 19.1 Å². The van der Waals surface area contributed by atoms with Gasteiger partial charge in [-0.3, -0.25) is 0 Å². The van der Waals surface area contributed by atoms with Gasteiger partial charge in [-0.15, -0.1) is 0 Å². The highest BCUT2D eigenvalue weighted by Crippen LogP contribution is 2.71. The summed E-state index contributed by atoms with van der Waals surface area (Å²) in [4.78, 5) is 4.31. The van der Waals surface area contributed by atoms with Gasteiger partial charge >= 0.3 is 10.1 Å². The summed E-state index contributed by atoms with van der Waals surface area (Å²) in [7, 11) is -3.21. The molecule has 0 spiro atoms. The third kappa shape index (κ3) is 7.78. The van der Waals surface area contributed by atoms with Crippen molar-refractivity contribution in [3.05, 3.63) is 102 Å². The lowest BCUT2D eigenvalue weighted by molar-refractivity contribution is 0.130. The second-order valence-electron chi connectivity index (χ2n) is 13.1. The summed E-state index contributed by atoms with van der Waals surface area (Å²) in [5.41, 5.74) is 1.74. The molecule has 6 nitrogen and oxygen atoms in total. The molecule has 0 fully saturated rings. The van der Waals surface area contributed by atoms with Crippen molar-refractivity contribution in [2.45, 2.75) is 86.2 Å². The number of hydrogen-bond acceptors (Lipinski definition) is 6. The van der Waals surface area contributed by atoms with Crippen LogP contribution < -0.4 is 14.4 Å². The lowest BCUT2D eigenvalue weighted by Gasteiger charge is -2.40. The molecule has 4 rings (SSSR count). The quantitative estimate of drug-likeness (QED) is 0.183. The standard InChI is InChI=1S/C36H45NO5S2/c1-26-14-23-34(27(2)24-26)44(38,39)42-43(33-13-11-12-28(25-33)37(9)10,31-19-15-29(16-20-31)40-35(3,4)5)32-21-17-30(18-22-32)41-36(6,7)8/h11-25H,1-10H3. The number of hydrogen-bond donors (Lipinski definition) is 0. The summed E-state index contributed by atoms with van der Waals surface area (Å²) < 4.78 is 47.6. The minimum atomic E-state index is -4.26. The summed E-state index contributed by atoms with van der Waals surface area (Å²) in [6.07, 6.45) is 0. The van der Waals surface area contributed by atoms with Crippen LogP contribution in [0.4, 0.5) is 5.69 Å². The molecule has 0 aromatic heterocycles. The smallest absolute Gasteiger partial charge is 0.307 e. The van der Waals surface area contributed by atoms with Crippen molar-refractivity contribution in [2.75, 3.05) is 19.0 Å². The van der Waals surface area contributed by atoms with Crippen LogP contribution in [0.3, 0.4) is 0 Å². The molecule has 4 aromatic rings. The molecule has 0 aliphatic heterocycles. The molecule has 0 atom stereocenters. The van der Waals surface area contributed by atoms with Crippen LogP contribution in [0.5, 0.6) is 11.5 Å². The number of aryl methyl sites for hydroxylation is 2. The average Bonchev–Trinajstić information content (AvgIpc) is 2.91. The van der Waals surface area contributed by atoms with Gasteiger partial charge in [0, 0.05) is 34.5 Å². The van der Waals surface area contributed by atoms with Gasteiger partial charge in [-0.25, -0.2) is 3.63 Å². The van der Waals surface area contributed by atoms with Crippen molar-refractivity contribution in [1.29, 1.82) is 0 Å². The van der Waals surface area contributed by atoms with Gasteiger partial charge < -0.3 is 14.4 Å². The van der Waals surface area contributed by atoms with E-state index in [1.165, 1.54) is 0 Å². The maximum absolute atomic E-state index is 14.4. The van der Waals surface area contributed by atoms with E-state index in [9.17, 15) is 8.42 Å². The van der Waals surface area contributed by atoms with E-state index in [1.807, 2.05) is 146 Å². The topological polar surface area (TPSA) is 65.1 Å². The molecular weight excluding hydrogens is 591 g/mol. The Labute approximate surface area is 265 Å². The van der Waals surface area contributed by atoms with E-state index in [4.69, 9.17) is 13.1 Å². The molecule has 0 aliphatic rings. The molecule has 0 unspecified atom stereocenters. The van der Waals surface area contributed by atoms with Gasteiger partial charge in [-0.2, -0.15) is 8.42 Å². The Morgan fingerprint density at radius 3 is 1.55 bits per heavy atom. The molecule has 0 radical (unpaired) electrons. The number of benzene rings is 4. The molecule has 0 aliphatic carbocycles. The Morgan fingerprint density at radius 2 is 1.11 bits per heavy atom. The summed E-state index contributed by atoms with van der Waals surface area (Å²) in [5.74, 6) is 1.37. The fourth-order valence-electron chi connectivity index (χ4n) is 4.82. The van der Waals surface area contributed by atoms with Crippen LogP contribution in [0.2, 0.25) is 0 Å². The molecule has 0 N–H and O–H groups in total. The molecule has 0 bridgehead atoms. The summed E-state index contributed by atoms with van der Waals surface area (Å²) in [6.45, 7) is 15.7. The van der Waals surface area contributed by atoms with E-state index in [0.717, 1.165) is 16.1 Å². The Morgan fingerprint density at radius 1 is 0.614 bits per heavy atom. The molecule has 0 amide bonds. The van der Waals surface area contributed by atoms with Gasteiger partial charge in [0.15, 0.2) is 0 Å². The van der Waals surface area contributed by atoms with E-state index in [-0.39, 0.29) is 4.90 Å². The Hall–Kier alpha value is -3.46. The monoisotopic (exact) mass is 635 g/mol. The first kappa shape index (κ1) is 33.4. The first-order valence-electron chi connectivity index (χ1n) is 14.6. The normalized spacial score (nSPS) is 13.0. The predicted molar refractivity (Wildman–Crippen MR) is 181 cm³/mol. The van der Waals surface area contributed by atoms with Gasteiger partial charge in [0.2, 0.25) is 0 Å². The van der Waals surface area contributed by atoms with Crippen molar-refractivity contribution < 1.29 is 21.5 Å². The van der Waals surface area contributed by atoms with E-state index in [2.05, 4.69) is 0 Å². The highest BCUT2D eigenvalue weighted by molar-refractivity contribution is 8.33. The zero-order chi connectivity index (χ0) is 32.5. The second-order valence-corrected chi connectivity index (χ2v) is 17.5. The minimum absolute atomic E-state index is 0.143. The van der Waals surface area contributed by atoms with E-state index >= 15 is 0 Å². The summed E-state index contributed by atoms with van der Waals surface area (Å²) in [5, 5.41) is 0. The third-order valence-corrected chi connectivity index (χ3v) is 11.9. The highest BCUT2D eigenvalue weighted by Gasteiger charge is 2.39. The Balaban J connectivity index is 2.03. The molecule has 4 aromatic carbocycles. The molecule has 0 saturated heterocycles. The maximum Gasteiger partial charge on any atom is 0.307 e. The fourth-order valence-corrected chi connectivity index (χ4v) is 10.2. The first-order chi connectivity index (χ1) is 20.4. The SMILES string of the molecule is Cc1ccc(S(=O)(=O)OS(c2ccc(OC(C)(C)C)cc2)(c2ccc(OC(C)(C)C)cc2)c2cccc(N(C)C)c2)c(C)c1. The van der Waals surface area contributed by atoms with E-state index in [0.29, 0.717) is 26.9 Å². The lowest BCUT2D eigenvalue weighted by atomic mass is 10.2. The first-order valence-corrected chi connectivity index (χ1v) is 17.6. The number of rotatable bonds is 9. The second kappa shape index (κ2) is 12.5. The van der Waals surface area contributed by atoms with Crippen molar-refractivity contribution in [2.24, 2.45) is 0 Å². The molecular formula is C36H45NO5S2. The van der Waals surface area contributed by atoms with Crippen molar-refractivity contribution in [3.63, 3.8) is 0 Å². The van der Waals surface area contributed by atoms with Crippen LogP contribution in [0.1, 0.15) is 52.7 Å². The average molecular weight is 636 g/mol. The molecule has 0 saturated carbocycles. The molecule has 44 heavy (non-hydrogen) atoms. The van der Waals surface area contributed by atoms with Crippen LogP contribution in [-0.4, -0.2) is 33.7 Å². The lowest BCUT2D eigenvalue weighted by Crippen LogP contribution is -2.23. The summed E-state index contributed by atoms with van der Waals surface area (Å²) >= 11 is 0. The van der Waals surface area contributed by atoms with Crippen molar-refractivity contribution >= 4 is 26.1 Å². The van der Waals surface area contributed by atoms with Crippen molar-refractivity contribution in [3.8, 4) is 11.5 Å². The van der Waals surface area contributed by atoms with Crippen molar-refractivity contribution in [1.82, 2.24) is 0 Å². The Bertz CT molecular complexity index is 1640. The van der Waals surface area contributed by atoms with Gasteiger partial charge in [0.25, 0.3) is 0 Å². The molecule has 8 heteroatoms. The van der Waals surface area contributed by atoms with E-state index < -0.39 is 31.6 Å². The van der Waals surface area contributed by atoms with Crippen LogP contribution >= 0.6 is 10.3 Å².